The summed E-state index contributed by atoms with van der Waals surface area (Å²) in [6.07, 6.45) is 7.64. The molecule has 0 unspecified atom stereocenters. The highest BCUT2D eigenvalue weighted by Crippen LogP contribution is 2.23. The average molecular weight is 200 g/mol. The van der Waals surface area contributed by atoms with Crippen molar-refractivity contribution in [1.29, 1.82) is 0 Å². The van der Waals surface area contributed by atoms with Gasteiger partial charge in [-0.2, -0.15) is 0 Å². The second kappa shape index (κ2) is 4.43. The maximum Gasteiger partial charge on any atom is 0.159 e. The van der Waals surface area contributed by atoms with Crippen LogP contribution < -0.4 is 0 Å². The molecule has 0 atom stereocenters. The van der Waals surface area contributed by atoms with Gasteiger partial charge in [0.15, 0.2) is 5.78 Å². The Bertz CT molecular complexity index is 402. The van der Waals surface area contributed by atoms with Crippen LogP contribution in [-0.2, 0) is 24.1 Å². The van der Waals surface area contributed by atoms with Crippen LogP contribution >= 0.6 is 0 Å². The van der Waals surface area contributed by atoms with Crippen LogP contribution in [0.25, 0.3) is 0 Å². The first-order valence-electron chi connectivity index (χ1n) is 5.56. The molecule has 0 saturated heterocycles. The molecule has 0 N–H and O–H groups in total. The van der Waals surface area contributed by atoms with Crippen LogP contribution in [0, 0.1) is 0 Å². The predicted molar refractivity (Wildman–Crippen MR) is 62.0 cm³/mol. The van der Waals surface area contributed by atoms with Gasteiger partial charge in [0.25, 0.3) is 0 Å². The Morgan fingerprint density at radius 2 is 2.13 bits per heavy atom. The maximum atomic E-state index is 11.4. The molecule has 1 aliphatic rings. The summed E-state index contributed by atoms with van der Waals surface area (Å²) in [7, 11) is 0. The minimum absolute atomic E-state index is 0.190. The van der Waals surface area contributed by atoms with Crippen LogP contribution in [0.15, 0.2) is 30.4 Å². The molecule has 1 aromatic rings. The summed E-state index contributed by atoms with van der Waals surface area (Å²) < 4.78 is 0. The highest BCUT2D eigenvalue weighted by Gasteiger charge is 2.11. The Labute approximate surface area is 90.8 Å². The Hall–Kier alpha value is -1.37. The summed E-state index contributed by atoms with van der Waals surface area (Å²) in [6.45, 7) is 1.88. The lowest BCUT2D eigenvalue weighted by molar-refractivity contribution is -0.114. The number of benzene rings is 1. The van der Waals surface area contributed by atoms with E-state index in [1.807, 2.05) is 6.92 Å². The molecule has 1 heteroatoms. The van der Waals surface area contributed by atoms with Gasteiger partial charge in [-0.15, -0.1) is 0 Å². The van der Waals surface area contributed by atoms with E-state index < -0.39 is 0 Å². The molecule has 0 radical (unpaired) electrons. The third-order valence-electron chi connectivity index (χ3n) is 2.89. The summed E-state index contributed by atoms with van der Waals surface area (Å²) in [5, 5.41) is 0. The van der Waals surface area contributed by atoms with E-state index in [-0.39, 0.29) is 5.78 Å². The van der Waals surface area contributed by atoms with Gasteiger partial charge in [0.1, 0.15) is 0 Å². The van der Waals surface area contributed by atoms with Gasteiger partial charge in [0.2, 0.25) is 0 Å². The van der Waals surface area contributed by atoms with E-state index in [4.69, 9.17) is 0 Å². The molecule has 0 aromatic heterocycles. The minimum atomic E-state index is 0.190. The summed E-state index contributed by atoms with van der Waals surface area (Å²) in [4.78, 5) is 11.4. The molecular weight excluding hydrogens is 184 g/mol. The number of carbonyl (C=O) groups excluding carboxylic acids is 1. The molecule has 0 aliphatic heterocycles. The molecule has 0 bridgehead atoms. The normalized spacial score (nSPS) is 14.5. The van der Waals surface area contributed by atoms with Crippen molar-refractivity contribution in [2.45, 2.75) is 32.6 Å². The minimum Gasteiger partial charge on any atom is -0.294 e. The fourth-order valence-electron chi connectivity index (χ4n) is 2.18. The largest absolute Gasteiger partial charge is 0.294 e. The lowest BCUT2D eigenvalue weighted by atomic mass is 10.0. The number of allylic oxidation sites excluding steroid dienone is 2. The summed E-state index contributed by atoms with van der Waals surface area (Å²) in [5.74, 6) is 0.190. The lowest BCUT2D eigenvalue weighted by Gasteiger charge is -2.02. The Morgan fingerprint density at radius 1 is 1.33 bits per heavy atom. The summed E-state index contributed by atoms with van der Waals surface area (Å²) in [6, 6.07) is 6.47. The molecule has 1 aliphatic carbocycles. The standard InChI is InChI=1S/C14H16O/c1-2-4-14(15)10-11-7-8-12-5-3-6-13(12)9-11/h2,4,7-9H,3,5-6,10H2,1H3/b4-2+. The van der Waals surface area contributed by atoms with Gasteiger partial charge in [-0.25, -0.2) is 0 Å². The smallest absolute Gasteiger partial charge is 0.159 e. The van der Waals surface area contributed by atoms with Crippen molar-refractivity contribution in [3.63, 3.8) is 0 Å². The molecule has 0 saturated carbocycles. The van der Waals surface area contributed by atoms with Crippen LogP contribution in [-0.4, -0.2) is 5.78 Å². The van der Waals surface area contributed by atoms with E-state index in [1.165, 1.54) is 30.4 Å². The molecule has 0 heterocycles. The average Bonchev–Trinajstić information content (AvgIpc) is 2.65. The van der Waals surface area contributed by atoms with E-state index >= 15 is 0 Å². The third-order valence-corrected chi connectivity index (χ3v) is 2.89. The van der Waals surface area contributed by atoms with E-state index in [0.29, 0.717) is 6.42 Å². The van der Waals surface area contributed by atoms with Crippen molar-refractivity contribution in [2.24, 2.45) is 0 Å². The number of carbonyl (C=O) groups is 1. The molecule has 2 rings (SSSR count). The molecule has 78 valence electrons. The van der Waals surface area contributed by atoms with Crippen molar-refractivity contribution in [1.82, 2.24) is 0 Å². The molecule has 15 heavy (non-hydrogen) atoms. The van der Waals surface area contributed by atoms with Crippen molar-refractivity contribution in [3.05, 3.63) is 47.0 Å². The molecule has 0 fully saturated rings. The van der Waals surface area contributed by atoms with Crippen LogP contribution in [0.5, 0.6) is 0 Å². The number of ketones is 1. The van der Waals surface area contributed by atoms with E-state index in [1.54, 1.807) is 12.2 Å². The Morgan fingerprint density at radius 3 is 2.93 bits per heavy atom. The zero-order chi connectivity index (χ0) is 10.7. The predicted octanol–water partition coefficient (Wildman–Crippen LogP) is 2.86. The van der Waals surface area contributed by atoms with E-state index in [0.717, 1.165) is 5.56 Å². The molecule has 0 spiro atoms. The first kappa shape index (κ1) is 10.2. The Kier molecular flexibility index (Phi) is 3.00. The van der Waals surface area contributed by atoms with E-state index in [9.17, 15) is 4.79 Å². The van der Waals surface area contributed by atoms with Gasteiger partial charge < -0.3 is 0 Å². The van der Waals surface area contributed by atoms with Crippen molar-refractivity contribution < 1.29 is 4.79 Å². The van der Waals surface area contributed by atoms with Crippen LogP contribution in [0.1, 0.15) is 30.0 Å². The number of aryl methyl sites for hydroxylation is 2. The first-order valence-corrected chi connectivity index (χ1v) is 5.56. The first-order chi connectivity index (χ1) is 7.29. The molecule has 0 amide bonds. The van der Waals surface area contributed by atoms with Gasteiger partial charge in [-0.1, -0.05) is 24.3 Å². The van der Waals surface area contributed by atoms with E-state index in [2.05, 4.69) is 18.2 Å². The number of hydrogen-bond acceptors (Lipinski definition) is 1. The fourth-order valence-corrected chi connectivity index (χ4v) is 2.18. The number of rotatable bonds is 3. The van der Waals surface area contributed by atoms with Crippen molar-refractivity contribution >= 4 is 5.78 Å². The summed E-state index contributed by atoms with van der Waals surface area (Å²) in [5.41, 5.74) is 4.07. The zero-order valence-corrected chi connectivity index (χ0v) is 9.12. The second-order valence-electron chi connectivity index (χ2n) is 4.10. The highest BCUT2D eigenvalue weighted by molar-refractivity contribution is 5.91. The van der Waals surface area contributed by atoms with Gasteiger partial charge in [-0.3, -0.25) is 4.79 Å². The van der Waals surface area contributed by atoms with Crippen molar-refractivity contribution in [3.8, 4) is 0 Å². The SMILES string of the molecule is C/C=C/C(=O)Cc1ccc2c(c1)CCC2. The topological polar surface area (TPSA) is 17.1 Å². The van der Waals surface area contributed by atoms with Crippen LogP contribution in [0.4, 0.5) is 0 Å². The summed E-state index contributed by atoms with van der Waals surface area (Å²) >= 11 is 0. The monoisotopic (exact) mass is 200 g/mol. The number of hydrogen-bond donors (Lipinski definition) is 0. The van der Waals surface area contributed by atoms with Crippen LogP contribution in [0.3, 0.4) is 0 Å². The van der Waals surface area contributed by atoms with Gasteiger partial charge in [-0.05, 0) is 49.0 Å². The van der Waals surface area contributed by atoms with Gasteiger partial charge in [0, 0.05) is 6.42 Å². The number of fused-ring (bicyclic) bond motifs is 1. The van der Waals surface area contributed by atoms with Crippen LogP contribution in [0.2, 0.25) is 0 Å². The second-order valence-corrected chi connectivity index (χ2v) is 4.10. The highest BCUT2D eigenvalue weighted by atomic mass is 16.1. The Balaban J connectivity index is 2.13. The molecule has 1 aromatic carbocycles. The third kappa shape index (κ3) is 2.35. The quantitative estimate of drug-likeness (QED) is 0.686. The zero-order valence-electron chi connectivity index (χ0n) is 9.12. The van der Waals surface area contributed by atoms with Crippen molar-refractivity contribution in [2.75, 3.05) is 0 Å². The maximum absolute atomic E-state index is 11.4. The van der Waals surface area contributed by atoms with Gasteiger partial charge >= 0.3 is 0 Å². The molecule has 1 nitrogen and oxygen atoms in total. The molecular formula is C14H16O. The van der Waals surface area contributed by atoms with Gasteiger partial charge in [0.05, 0.1) is 0 Å². The lowest BCUT2D eigenvalue weighted by Crippen LogP contribution is -1.99. The fraction of sp³-hybridized carbons (Fsp3) is 0.357.